The number of nitrogens with zero attached hydrogens (tertiary/aromatic N) is 1. The van der Waals surface area contributed by atoms with E-state index in [4.69, 9.17) is 4.74 Å². The fourth-order valence-corrected chi connectivity index (χ4v) is 1.26. The van der Waals surface area contributed by atoms with Crippen LogP contribution in [0.4, 0.5) is 0 Å². The Morgan fingerprint density at radius 3 is 2.50 bits per heavy atom. The lowest BCUT2D eigenvalue weighted by atomic mass is 10.3. The summed E-state index contributed by atoms with van der Waals surface area (Å²) in [7, 11) is 2.11. The van der Waals surface area contributed by atoms with Crippen LogP contribution in [0.15, 0.2) is 0 Å². The van der Waals surface area contributed by atoms with E-state index in [0.717, 1.165) is 19.5 Å². The molecule has 0 aliphatic carbocycles. The van der Waals surface area contributed by atoms with Gasteiger partial charge in [0, 0.05) is 6.04 Å². The van der Waals surface area contributed by atoms with Gasteiger partial charge in [-0.1, -0.05) is 0 Å². The maximum atomic E-state index is 11.3. The third-order valence-electron chi connectivity index (χ3n) is 2.66. The Bertz CT molecular complexity index is 195. The SMILES string of the molecule is CCOC(=O)C(C)NCCCN(C)C(C)C. The topological polar surface area (TPSA) is 41.6 Å². The molecule has 0 fully saturated rings. The Labute approximate surface area is 99.3 Å². The van der Waals surface area contributed by atoms with Gasteiger partial charge in [-0.2, -0.15) is 0 Å². The van der Waals surface area contributed by atoms with Crippen molar-refractivity contribution in [1.82, 2.24) is 10.2 Å². The molecule has 96 valence electrons. The molecule has 0 saturated heterocycles. The Hall–Kier alpha value is -0.610. The first-order valence-electron chi connectivity index (χ1n) is 6.09. The quantitative estimate of drug-likeness (QED) is 0.503. The van der Waals surface area contributed by atoms with Crippen molar-refractivity contribution in [2.45, 2.75) is 46.2 Å². The second-order valence-corrected chi connectivity index (χ2v) is 4.36. The minimum Gasteiger partial charge on any atom is -0.465 e. The van der Waals surface area contributed by atoms with Gasteiger partial charge in [-0.3, -0.25) is 4.79 Å². The molecule has 0 aliphatic heterocycles. The third-order valence-corrected chi connectivity index (χ3v) is 2.66. The van der Waals surface area contributed by atoms with Crippen molar-refractivity contribution >= 4 is 5.97 Å². The lowest BCUT2D eigenvalue weighted by molar-refractivity contribution is -0.145. The van der Waals surface area contributed by atoms with E-state index < -0.39 is 0 Å². The van der Waals surface area contributed by atoms with Crippen LogP contribution >= 0.6 is 0 Å². The zero-order valence-corrected chi connectivity index (χ0v) is 11.2. The summed E-state index contributed by atoms with van der Waals surface area (Å²) in [5, 5.41) is 3.16. The molecule has 0 aromatic heterocycles. The molecule has 0 rings (SSSR count). The first-order valence-corrected chi connectivity index (χ1v) is 6.09. The summed E-state index contributed by atoms with van der Waals surface area (Å²) in [6, 6.07) is 0.367. The fourth-order valence-electron chi connectivity index (χ4n) is 1.26. The Kier molecular flexibility index (Phi) is 8.21. The molecule has 0 saturated carbocycles. The Balaban J connectivity index is 3.55. The summed E-state index contributed by atoms with van der Waals surface area (Å²) in [5.41, 5.74) is 0. The van der Waals surface area contributed by atoms with Crippen molar-refractivity contribution < 1.29 is 9.53 Å². The van der Waals surface area contributed by atoms with Crippen molar-refractivity contribution in [1.29, 1.82) is 0 Å². The molecule has 0 aliphatic rings. The maximum absolute atomic E-state index is 11.3. The van der Waals surface area contributed by atoms with Crippen molar-refractivity contribution in [2.75, 3.05) is 26.7 Å². The highest BCUT2D eigenvalue weighted by Gasteiger charge is 2.12. The van der Waals surface area contributed by atoms with Crippen LogP contribution in [0.1, 0.15) is 34.1 Å². The number of hydrogen-bond donors (Lipinski definition) is 1. The van der Waals surface area contributed by atoms with Gasteiger partial charge in [0.15, 0.2) is 0 Å². The van der Waals surface area contributed by atoms with Gasteiger partial charge in [0.05, 0.1) is 6.61 Å². The Morgan fingerprint density at radius 2 is 2.00 bits per heavy atom. The van der Waals surface area contributed by atoms with Gasteiger partial charge in [0.25, 0.3) is 0 Å². The summed E-state index contributed by atoms with van der Waals surface area (Å²) in [6.45, 7) is 10.3. The van der Waals surface area contributed by atoms with Crippen molar-refractivity contribution in [3.8, 4) is 0 Å². The van der Waals surface area contributed by atoms with E-state index in [1.165, 1.54) is 0 Å². The predicted molar refractivity (Wildman–Crippen MR) is 66.5 cm³/mol. The van der Waals surface area contributed by atoms with Crippen LogP contribution in [-0.4, -0.2) is 49.7 Å². The van der Waals surface area contributed by atoms with Crippen molar-refractivity contribution in [2.24, 2.45) is 0 Å². The van der Waals surface area contributed by atoms with Crippen molar-refractivity contribution in [3.05, 3.63) is 0 Å². The van der Waals surface area contributed by atoms with Gasteiger partial charge in [-0.25, -0.2) is 0 Å². The minimum atomic E-state index is -0.204. The number of carbonyl (C=O) groups is 1. The van der Waals surface area contributed by atoms with Crippen LogP contribution < -0.4 is 5.32 Å². The summed E-state index contributed by atoms with van der Waals surface area (Å²) in [4.78, 5) is 13.6. The highest BCUT2D eigenvalue weighted by molar-refractivity contribution is 5.75. The molecular formula is C12H26N2O2. The molecule has 0 bridgehead atoms. The fraction of sp³-hybridized carbons (Fsp3) is 0.917. The highest BCUT2D eigenvalue weighted by Crippen LogP contribution is 1.95. The molecule has 4 nitrogen and oxygen atoms in total. The van der Waals surface area contributed by atoms with Crippen LogP contribution in [0.5, 0.6) is 0 Å². The minimum absolute atomic E-state index is 0.167. The van der Waals surface area contributed by atoms with Crippen LogP contribution in [-0.2, 0) is 9.53 Å². The molecule has 1 atom stereocenters. The normalized spacial score (nSPS) is 13.2. The maximum Gasteiger partial charge on any atom is 0.322 e. The second kappa shape index (κ2) is 8.53. The average molecular weight is 230 g/mol. The summed E-state index contributed by atoms with van der Waals surface area (Å²) < 4.78 is 4.91. The van der Waals surface area contributed by atoms with Crippen LogP contribution in [0.2, 0.25) is 0 Å². The Morgan fingerprint density at radius 1 is 1.38 bits per heavy atom. The summed E-state index contributed by atoms with van der Waals surface area (Å²) in [5.74, 6) is -0.167. The molecule has 0 amide bonds. The molecular weight excluding hydrogens is 204 g/mol. The lowest BCUT2D eigenvalue weighted by Gasteiger charge is -2.21. The zero-order chi connectivity index (χ0) is 12.6. The number of nitrogens with one attached hydrogen (secondary N) is 1. The highest BCUT2D eigenvalue weighted by atomic mass is 16.5. The van der Waals surface area contributed by atoms with Crippen LogP contribution in [0.25, 0.3) is 0 Å². The largest absolute Gasteiger partial charge is 0.465 e. The van der Waals surface area contributed by atoms with E-state index >= 15 is 0 Å². The summed E-state index contributed by atoms with van der Waals surface area (Å²) in [6.07, 6.45) is 1.04. The van der Waals surface area contributed by atoms with Gasteiger partial charge >= 0.3 is 5.97 Å². The van der Waals surface area contributed by atoms with Gasteiger partial charge in [0.1, 0.15) is 6.04 Å². The average Bonchev–Trinajstić information content (AvgIpc) is 2.23. The molecule has 0 aromatic carbocycles. The second-order valence-electron chi connectivity index (χ2n) is 4.36. The van der Waals surface area contributed by atoms with Crippen molar-refractivity contribution in [3.63, 3.8) is 0 Å². The van der Waals surface area contributed by atoms with E-state index in [2.05, 4.69) is 31.1 Å². The molecule has 1 N–H and O–H groups in total. The predicted octanol–water partition coefficient (Wildman–Crippen LogP) is 1.26. The van der Waals surface area contributed by atoms with E-state index in [1.54, 1.807) is 0 Å². The number of esters is 1. The molecule has 0 radical (unpaired) electrons. The van der Waals surface area contributed by atoms with E-state index in [1.807, 2.05) is 13.8 Å². The number of ether oxygens (including phenoxy) is 1. The summed E-state index contributed by atoms with van der Waals surface area (Å²) >= 11 is 0. The number of hydrogen-bond acceptors (Lipinski definition) is 4. The number of rotatable bonds is 8. The van der Waals surface area contributed by atoms with Crippen LogP contribution in [0, 0.1) is 0 Å². The molecule has 0 aromatic rings. The third kappa shape index (κ3) is 6.80. The molecule has 16 heavy (non-hydrogen) atoms. The first-order chi connectivity index (χ1) is 7.49. The smallest absolute Gasteiger partial charge is 0.322 e. The first kappa shape index (κ1) is 15.4. The van der Waals surface area contributed by atoms with E-state index in [9.17, 15) is 4.79 Å². The van der Waals surface area contributed by atoms with Gasteiger partial charge in [-0.15, -0.1) is 0 Å². The molecule has 0 heterocycles. The van der Waals surface area contributed by atoms with Gasteiger partial charge < -0.3 is 15.0 Å². The number of carbonyl (C=O) groups excluding carboxylic acids is 1. The lowest BCUT2D eigenvalue weighted by Crippen LogP contribution is -2.37. The zero-order valence-electron chi connectivity index (χ0n) is 11.2. The molecule has 4 heteroatoms. The van der Waals surface area contributed by atoms with Crippen LogP contribution in [0.3, 0.4) is 0 Å². The molecule has 1 unspecified atom stereocenters. The van der Waals surface area contributed by atoms with E-state index in [-0.39, 0.29) is 12.0 Å². The monoisotopic (exact) mass is 230 g/mol. The van der Waals surface area contributed by atoms with Gasteiger partial charge in [-0.05, 0) is 54.3 Å². The molecule has 0 spiro atoms. The standard InChI is InChI=1S/C12H26N2O2/c1-6-16-12(15)11(4)13-8-7-9-14(5)10(2)3/h10-11,13H,6-9H2,1-5H3. The van der Waals surface area contributed by atoms with E-state index in [0.29, 0.717) is 12.6 Å². The van der Waals surface area contributed by atoms with Gasteiger partial charge in [0.2, 0.25) is 0 Å².